The predicted octanol–water partition coefficient (Wildman–Crippen LogP) is 1.63. The molecule has 5 nitrogen and oxygen atoms in total. The number of halogens is 2. The van der Waals surface area contributed by atoms with Gasteiger partial charge in [-0.05, 0) is 13.0 Å². The Labute approximate surface area is 116 Å². The van der Waals surface area contributed by atoms with E-state index < -0.39 is 16.1 Å². The molecule has 0 saturated carbocycles. The van der Waals surface area contributed by atoms with Crippen molar-refractivity contribution in [3.05, 3.63) is 22.2 Å². The molecule has 1 atom stereocenters. The van der Waals surface area contributed by atoms with Crippen LogP contribution in [0.25, 0.3) is 0 Å². The van der Waals surface area contributed by atoms with E-state index in [2.05, 4.69) is 4.72 Å². The molecule has 0 aliphatic rings. The van der Waals surface area contributed by atoms with Gasteiger partial charge in [0, 0.05) is 18.7 Å². The van der Waals surface area contributed by atoms with Gasteiger partial charge in [0.15, 0.2) is 0 Å². The summed E-state index contributed by atoms with van der Waals surface area (Å²) in [5.74, 6) is 0.312. The first-order valence-corrected chi connectivity index (χ1v) is 7.31. The normalized spacial score (nSPS) is 13.4. The second-order valence-electron chi connectivity index (χ2n) is 3.68. The Bertz CT molecular complexity index is 534. The number of benzene rings is 1. The molecule has 0 aromatic heterocycles. The van der Waals surface area contributed by atoms with E-state index in [0.29, 0.717) is 5.75 Å². The number of nitrogens with one attached hydrogen (secondary N) is 1. The lowest BCUT2D eigenvalue weighted by atomic mass is 10.3. The van der Waals surface area contributed by atoms with E-state index in [1.807, 2.05) is 0 Å². The molecular formula is C10H14Cl2N2O3S. The van der Waals surface area contributed by atoms with Gasteiger partial charge in [0.25, 0.3) is 0 Å². The molecule has 1 aromatic carbocycles. The van der Waals surface area contributed by atoms with Gasteiger partial charge in [0.1, 0.15) is 10.6 Å². The van der Waals surface area contributed by atoms with Crippen molar-refractivity contribution < 1.29 is 13.2 Å². The van der Waals surface area contributed by atoms with Crippen LogP contribution in [0.2, 0.25) is 10.0 Å². The molecule has 102 valence electrons. The van der Waals surface area contributed by atoms with Crippen molar-refractivity contribution in [2.24, 2.45) is 5.73 Å². The molecule has 3 N–H and O–H groups in total. The summed E-state index contributed by atoms with van der Waals surface area (Å²) in [5, 5.41) is 0.204. The Hall–Kier alpha value is -0.530. The minimum absolute atomic E-state index is 0.0352. The van der Waals surface area contributed by atoms with Crippen LogP contribution in [0.5, 0.6) is 5.75 Å². The highest BCUT2D eigenvalue weighted by Gasteiger charge is 2.22. The summed E-state index contributed by atoms with van der Waals surface area (Å²) in [6, 6.07) is 2.20. The molecular weight excluding hydrogens is 299 g/mol. The zero-order valence-corrected chi connectivity index (χ0v) is 12.2. The smallest absolute Gasteiger partial charge is 0.242 e. The molecule has 18 heavy (non-hydrogen) atoms. The Balaban J connectivity index is 3.21. The molecule has 0 aliphatic heterocycles. The van der Waals surface area contributed by atoms with Crippen LogP contribution in [0.1, 0.15) is 6.92 Å². The Morgan fingerprint density at radius 1 is 1.39 bits per heavy atom. The largest absolute Gasteiger partial charge is 0.495 e. The topological polar surface area (TPSA) is 81.4 Å². The van der Waals surface area contributed by atoms with E-state index in [4.69, 9.17) is 33.7 Å². The average molecular weight is 313 g/mol. The molecule has 0 saturated heterocycles. The molecule has 0 unspecified atom stereocenters. The quantitative estimate of drug-likeness (QED) is 0.865. The molecule has 0 amide bonds. The number of hydrogen-bond donors (Lipinski definition) is 2. The van der Waals surface area contributed by atoms with Crippen molar-refractivity contribution >= 4 is 33.2 Å². The van der Waals surface area contributed by atoms with Crippen molar-refractivity contribution in [2.75, 3.05) is 13.7 Å². The third-order valence-corrected chi connectivity index (χ3v) is 4.56. The second-order valence-corrected chi connectivity index (χ2v) is 6.17. The minimum Gasteiger partial charge on any atom is -0.495 e. The molecule has 1 rings (SSSR count). The van der Waals surface area contributed by atoms with Gasteiger partial charge in [0.05, 0.1) is 17.2 Å². The van der Waals surface area contributed by atoms with Crippen molar-refractivity contribution in [1.82, 2.24) is 4.72 Å². The first kappa shape index (κ1) is 15.5. The van der Waals surface area contributed by atoms with Crippen LogP contribution in [-0.2, 0) is 10.0 Å². The van der Waals surface area contributed by atoms with Crippen molar-refractivity contribution in [3.63, 3.8) is 0 Å². The van der Waals surface area contributed by atoms with Gasteiger partial charge in [0.2, 0.25) is 10.0 Å². The lowest BCUT2D eigenvalue weighted by Crippen LogP contribution is -2.37. The van der Waals surface area contributed by atoms with E-state index >= 15 is 0 Å². The fraction of sp³-hybridized carbons (Fsp3) is 0.400. The van der Waals surface area contributed by atoms with Crippen molar-refractivity contribution in [1.29, 1.82) is 0 Å². The highest BCUT2D eigenvalue weighted by atomic mass is 35.5. The Morgan fingerprint density at radius 2 is 2.00 bits per heavy atom. The van der Waals surface area contributed by atoms with Crippen LogP contribution in [0.15, 0.2) is 17.0 Å². The molecule has 0 fully saturated rings. The third-order valence-electron chi connectivity index (χ3n) is 2.21. The van der Waals surface area contributed by atoms with Gasteiger partial charge < -0.3 is 10.5 Å². The van der Waals surface area contributed by atoms with Gasteiger partial charge in [-0.15, -0.1) is 0 Å². The zero-order valence-electron chi connectivity index (χ0n) is 9.91. The summed E-state index contributed by atoms with van der Waals surface area (Å²) >= 11 is 11.8. The van der Waals surface area contributed by atoms with E-state index in [1.54, 1.807) is 6.92 Å². The van der Waals surface area contributed by atoms with E-state index in [9.17, 15) is 8.42 Å². The fourth-order valence-electron chi connectivity index (χ4n) is 1.25. The summed E-state index contributed by atoms with van der Waals surface area (Å²) in [6.07, 6.45) is 0. The molecule has 0 bridgehead atoms. The van der Waals surface area contributed by atoms with Gasteiger partial charge in [-0.2, -0.15) is 0 Å². The second kappa shape index (κ2) is 6.08. The maximum Gasteiger partial charge on any atom is 0.242 e. The number of methoxy groups -OCH3 is 1. The van der Waals surface area contributed by atoms with Gasteiger partial charge in [-0.1, -0.05) is 23.2 Å². The summed E-state index contributed by atoms with van der Waals surface area (Å²) in [5.41, 5.74) is 5.36. The highest BCUT2D eigenvalue weighted by Crippen LogP contribution is 2.33. The first-order valence-electron chi connectivity index (χ1n) is 5.07. The number of ether oxygens (including phenoxy) is 1. The number of rotatable bonds is 5. The number of hydrogen-bond acceptors (Lipinski definition) is 4. The molecule has 0 heterocycles. The average Bonchev–Trinajstić information content (AvgIpc) is 2.30. The van der Waals surface area contributed by atoms with Crippen LogP contribution in [0.4, 0.5) is 0 Å². The van der Waals surface area contributed by atoms with E-state index in [-0.39, 0.29) is 21.5 Å². The van der Waals surface area contributed by atoms with Gasteiger partial charge in [-0.3, -0.25) is 0 Å². The molecule has 0 aliphatic carbocycles. The van der Waals surface area contributed by atoms with Gasteiger partial charge in [-0.25, -0.2) is 13.1 Å². The van der Waals surface area contributed by atoms with Gasteiger partial charge >= 0.3 is 0 Å². The summed E-state index contributed by atoms with van der Waals surface area (Å²) in [4.78, 5) is -0.102. The Kier molecular flexibility index (Phi) is 5.24. The van der Waals surface area contributed by atoms with Crippen LogP contribution >= 0.6 is 23.2 Å². The molecule has 0 spiro atoms. The van der Waals surface area contributed by atoms with E-state index in [1.165, 1.54) is 19.2 Å². The van der Waals surface area contributed by atoms with Crippen LogP contribution in [-0.4, -0.2) is 28.1 Å². The molecule has 8 heteroatoms. The lowest BCUT2D eigenvalue weighted by molar-refractivity contribution is 0.414. The zero-order chi connectivity index (χ0) is 13.9. The fourth-order valence-corrected chi connectivity index (χ4v) is 3.35. The summed E-state index contributed by atoms with van der Waals surface area (Å²) in [7, 11) is -2.33. The van der Waals surface area contributed by atoms with Crippen LogP contribution in [0, 0.1) is 0 Å². The van der Waals surface area contributed by atoms with Crippen LogP contribution < -0.4 is 15.2 Å². The number of nitrogens with two attached hydrogens (primary N) is 1. The first-order chi connectivity index (χ1) is 8.31. The van der Waals surface area contributed by atoms with Crippen molar-refractivity contribution in [2.45, 2.75) is 17.9 Å². The number of sulfonamides is 1. The third kappa shape index (κ3) is 3.49. The summed E-state index contributed by atoms with van der Waals surface area (Å²) in [6.45, 7) is 1.83. The maximum absolute atomic E-state index is 12.0. The Morgan fingerprint density at radius 3 is 2.50 bits per heavy atom. The molecule has 1 aromatic rings. The van der Waals surface area contributed by atoms with Crippen molar-refractivity contribution in [3.8, 4) is 5.75 Å². The highest BCUT2D eigenvalue weighted by molar-refractivity contribution is 7.89. The minimum atomic E-state index is -3.75. The van der Waals surface area contributed by atoms with E-state index in [0.717, 1.165) is 0 Å². The van der Waals surface area contributed by atoms with Crippen LogP contribution in [0.3, 0.4) is 0 Å². The lowest BCUT2D eigenvalue weighted by Gasteiger charge is -2.14. The predicted molar refractivity (Wildman–Crippen MR) is 71.9 cm³/mol. The monoisotopic (exact) mass is 312 g/mol. The SMILES string of the molecule is COc1cc(Cl)c(S(=O)(=O)N[C@@H](C)CN)cc1Cl. The molecule has 0 radical (unpaired) electrons. The maximum atomic E-state index is 12.0. The standard InChI is InChI=1S/C10H14Cl2N2O3S/c1-6(5-13)14-18(15,16)10-4-7(11)9(17-2)3-8(10)12/h3-4,6,14H,5,13H2,1-2H3/t6-/m0/s1. The summed E-state index contributed by atoms with van der Waals surface area (Å²) < 4.78 is 31.4.